The molecule has 1 amide bonds. The highest BCUT2D eigenvalue weighted by Gasteiger charge is 2.30. The molecule has 4 nitrogen and oxygen atoms in total. The molecule has 2 aromatic carbocycles. The van der Waals surface area contributed by atoms with Gasteiger partial charge in [-0.05, 0) is 68.1 Å². The molecule has 3 rings (SSSR count). The van der Waals surface area contributed by atoms with Gasteiger partial charge < -0.3 is 9.64 Å². The van der Waals surface area contributed by atoms with Gasteiger partial charge in [-0.2, -0.15) is 5.26 Å². The van der Waals surface area contributed by atoms with Crippen LogP contribution in [-0.2, 0) is 4.74 Å². The summed E-state index contributed by atoms with van der Waals surface area (Å²) in [6.45, 7) is 6.39. The second-order valence-corrected chi connectivity index (χ2v) is 7.68. The number of nitrogens with zero attached hydrogens (tertiary/aromatic N) is 2. The van der Waals surface area contributed by atoms with Gasteiger partial charge in [0.15, 0.2) is 0 Å². The average molecular weight is 348 g/mol. The van der Waals surface area contributed by atoms with Crippen LogP contribution >= 0.6 is 0 Å². The van der Waals surface area contributed by atoms with Crippen LogP contribution < -0.4 is 0 Å². The Labute approximate surface area is 154 Å². The molecule has 1 fully saturated rings. The maximum absolute atomic E-state index is 12.4. The molecule has 134 valence electrons. The Balaban J connectivity index is 1.77. The third kappa shape index (κ3) is 4.23. The van der Waals surface area contributed by atoms with Crippen molar-refractivity contribution in [3.63, 3.8) is 0 Å². The Kier molecular flexibility index (Phi) is 4.99. The minimum absolute atomic E-state index is 0.0611. The Morgan fingerprint density at radius 3 is 2.73 bits per heavy atom. The van der Waals surface area contributed by atoms with Gasteiger partial charge in [0.05, 0.1) is 17.7 Å². The van der Waals surface area contributed by atoms with Gasteiger partial charge in [-0.25, -0.2) is 4.79 Å². The zero-order valence-corrected chi connectivity index (χ0v) is 15.5. The molecule has 1 heterocycles. The van der Waals surface area contributed by atoms with Crippen molar-refractivity contribution in [3.05, 3.63) is 53.6 Å². The molecule has 0 aromatic heterocycles. The smallest absolute Gasteiger partial charge is 0.410 e. The Morgan fingerprint density at radius 1 is 1.23 bits per heavy atom. The molecule has 1 saturated heterocycles. The van der Waals surface area contributed by atoms with Crippen molar-refractivity contribution in [2.24, 2.45) is 0 Å². The summed E-state index contributed by atoms with van der Waals surface area (Å²) in [5.41, 5.74) is 1.24. The highest BCUT2D eigenvalue weighted by Crippen LogP contribution is 2.23. The Morgan fingerprint density at radius 2 is 2.00 bits per heavy atom. The van der Waals surface area contributed by atoms with E-state index in [0.29, 0.717) is 5.56 Å². The molecule has 26 heavy (non-hydrogen) atoms. The maximum Gasteiger partial charge on any atom is 0.410 e. The van der Waals surface area contributed by atoms with Crippen molar-refractivity contribution in [1.82, 2.24) is 4.90 Å². The summed E-state index contributed by atoms with van der Waals surface area (Å²) in [5.74, 6) is 0. The highest BCUT2D eigenvalue weighted by molar-refractivity contribution is 5.86. The van der Waals surface area contributed by atoms with Gasteiger partial charge >= 0.3 is 6.09 Å². The summed E-state index contributed by atoms with van der Waals surface area (Å²) in [7, 11) is 0. The molecule has 1 aliphatic rings. The normalized spacial score (nSPS) is 17.6. The van der Waals surface area contributed by atoms with Crippen LogP contribution in [0.5, 0.6) is 0 Å². The number of benzene rings is 2. The SMILES string of the molecule is CC(C)(C)OC(=O)N1CCCC1C=Cc1ccc2ccc(C#N)cc2c1. The Bertz CT molecular complexity index is 887. The van der Waals surface area contributed by atoms with E-state index in [2.05, 4.69) is 30.3 Å². The highest BCUT2D eigenvalue weighted by atomic mass is 16.6. The van der Waals surface area contributed by atoms with Gasteiger partial charge in [-0.15, -0.1) is 0 Å². The molecule has 4 heteroatoms. The van der Waals surface area contributed by atoms with E-state index in [0.717, 1.165) is 35.7 Å². The molecule has 0 spiro atoms. The second-order valence-electron chi connectivity index (χ2n) is 7.68. The van der Waals surface area contributed by atoms with Crippen molar-refractivity contribution >= 4 is 22.9 Å². The van der Waals surface area contributed by atoms with E-state index in [-0.39, 0.29) is 12.1 Å². The fraction of sp³-hybridized carbons (Fsp3) is 0.364. The monoisotopic (exact) mass is 348 g/mol. The van der Waals surface area contributed by atoms with Crippen LogP contribution in [0.2, 0.25) is 0 Å². The summed E-state index contributed by atoms with van der Waals surface area (Å²) in [5, 5.41) is 11.2. The van der Waals surface area contributed by atoms with Crippen molar-refractivity contribution in [3.8, 4) is 6.07 Å². The van der Waals surface area contributed by atoms with Crippen LogP contribution in [-0.4, -0.2) is 29.2 Å². The van der Waals surface area contributed by atoms with E-state index < -0.39 is 5.60 Å². The predicted octanol–water partition coefficient (Wildman–Crippen LogP) is 5.12. The number of hydrogen-bond acceptors (Lipinski definition) is 3. The molecule has 1 unspecified atom stereocenters. The van der Waals surface area contributed by atoms with E-state index in [4.69, 9.17) is 10.00 Å². The number of hydrogen-bond donors (Lipinski definition) is 0. The molecule has 0 N–H and O–H groups in total. The van der Waals surface area contributed by atoms with Crippen LogP contribution in [0.15, 0.2) is 42.5 Å². The fourth-order valence-electron chi connectivity index (χ4n) is 3.20. The van der Waals surface area contributed by atoms with E-state index in [9.17, 15) is 4.79 Å². The molecular weight excluding hydrogens is 324 g/mol. The van der Waals surface area contributed by atoms with E-state index in [1.807, 2.05) is 45.0 Å². The maximum atomic E-state index is 12.4. The lowest BCUT2D eigenvalue weighted by molar-refractivity contribution is 0.0256. The summed E-state index contributed by atoms with van der Waals surface area (Å²) in [4.78, 5) is 14.2. The lowest BCUT2D eigenvalue weighted by atomic mass is 10.0. The zero-order valence-electron chi connectivity index (χ0n) is 15.5. The van der Waals surface area contributed by atoms with Crippen LogP contribution in [0.1, 0.15) is 44.7 Å². The standard InChI is InChI=1S/C22H24N2O2/c1-22(2,3)26-21(25)24-12-4-5-20(24)11-8-16-6-9-18-10-7-17(15-23)14-19(18)13-16/h6-11,13-14,20H,4-5,12H2,1-3H3. The fourth-order valence-corrected chi connectivity index (χ4v) is 3.20. The first-order chi connectivity index (χ1) is 12.4. The molecule has 0 saturated carbocycles. The molecular formula is C22H24N2O2. The summed E-state index contributed by atoms with van der Waals surface area (Å²) < 4.78 is 5.51. The molecule has 0 bridgehead atoms. The molecule has 0 radical (unpaired) electrons. The van der Waals surface area contributed by atoms with E-state index in [1.165, 1.54) is 0 Å². The molecule has 1 aliphatic heterocycles. The topological polar surface area (TPSA) is 53.3 Å². The second kappa shape index (κ2) is 7.21. The van der Waals surface area contributed by atoms with Gasteiger partial charge in [0.1, 0.15) is 5.60 Å². The van der Waals surface area contributed by atoms with Crippen molar-refractivity contribution in [1.29, 1.82) is 5.26 Å². The largest absolute Gasteiger partial charge is 0.444 e. The quantitative estimate of drug-likeness (QED) is 0.756. The number of likely N-dealkylation sites (tertiary alicyclic amines) is 1. The number of carbonyl (C=O) groups is 1. The van der Waals surface area contributed by atoms with Crippen LogP contribution in [0.4, 0.5) is 4.79 Å². The number of fused-ring (bicyclic) bond motifs is 1. The summed E-state index contributed by atoms with van der Waals surface area (Å²) in [6, 6.07) is 14.1. The number of ether oxygens (including phenoxy) is 1. The first kappa shape index (κ1) is 18.0. The molecule has 0 aliphatic carbocycles. The third-order valence-electron chi connectivity index (χ3n) is 4.43. The van der Waals surface area contributed by atoms with Gasteiger partial charge in [0.25, 0.3) is 0 Å². The minimum Gasteiger partial charge on any atom is -0.444 e. The number of amides is 1. The van der Waals surface area contributed by atoms with Gasteiger partial charge in [0, 0.05) is 6.54 Å². The minimum atomic E-state index is -0.481. The van der Waals surface area contributed by atoms with Gasteiger partial charge in [-0.3, -0.25) is 0 Å². The number of nitriles is 1. The van der Waals surface area contributed by atoms with Crippen molar-refractivity contribution < 1.29 is 9.53 Å². The first-order valence-corrected chi connectivity index (χ1v) is 8.97. The van der Waals surface area contributed by atoms with Crippen LogP contribution in [0.3, 0.4) is 0 Å². The van der Waals surface area contributed by atoms with Crippen LogP contribution in [0, 0.1) is 11.3 Å². The van der Waals surface area contributed by atoms with E-state index >= 15 is 0 Å². The Hall–Kier alpha value is -2.80. The number of rotatable bonds is 2. The van der Waals surface area contributed by atoms with Crippen molar-refractivity contribution in [2.45, 2.75) is 45.3 Å². The lowest BCUT2D eigenvalue weighted by Gasteiger charge is -2.27. The first-order valence-electron chi connectivity index (χ1n) is 8.97. The number of carbonyl (C=O) groups excluding carboxylic acids is 1. The summed E-state index contributed by atoms with van der Waals surface area (Å²) >= 11 is 0. The van der Waals surface area contributed by atoms with Gasteiger partial charge in [0.2, 0.25) is 0 Å². The van der Waals surface area contributed by atoms with Crippen LogP contribution in [0.25, 0.3) is 16.8 Å². The lowest BCUT2D eigenvalue weighted by Crippen LogP contribution is -2.39. The molecule has 2 aromatic rings. The van der Waals surface area contributed by atoms with Gasteiger partial charge in [-0.1, -0.05) is 30.4 Å². The predicted molar refractivity (Wildman–Crippen MR) is 104 cm³/mol. The zero-order chi connectivity index (χ0) is 18.7. The van der Waals surface area contributed by atoms with Crippen molar-refractivity contribution in [2.75, 3.05) is 6.54 Å². The van der Waals surface area contributed by atoms with E-state index in [1.54, 1.807) is 4.90 Å². The summed E-state index contributed by atoms with van der Waals surface area (Å²) in [6.07, 6.45) is 5.80. The average Bonchev–Trinajstić information content (AvgIpc) is 3.06. The molecule has 1 atom stereocenters. The third-order valence-corrected chi connectivity index (χ3v) is 4.43.